The highest BCUT2D eigenvalue weighted by Crippen LogP contribution is 2.19. The first-order valence-corrected chi connectivity index (χ1v) is 16.4. The van der Waals surface area contributed by atoms with E-state index < -0.39 is 39.8 Å². The molecule has 3 aromatic carbocycles. The number of sulfonamides is 1. The Bertz CT molecular complexity index is 1450. The van der Waals surface area contributed by atoms with Crippen LogP contribution in [0.4, 0.5) is 10.1 Å². The van der Waals surface area contributed by atoms with Gasteiger partial charge in [-0.1, -0.05) is 42.0 Å². The van der Waals surface area contributed by atoms with E-state index >= 15 is 0 Å². The van der Waals surface area contributed by atoms with E-state index in [4.69, 9.17) is 27.9 Å². The van der Waals surface area contributed by atoms with Gasteiger partial charge in [0.1, 0.15) is 17.9 Å². The summed E-state index contributed by atoms with van der Waals surface area (Å²) in [6.07, 6.45) is -0.00394. The van der Waals surface area contributed by atoms with Gasteiger partial charge in [-0.15, -0.1) is 23.2 Å². The summed E-state index contributed by atoms with van der Waals surface area (Å²) in [6, 6.07) is 16.6. The molecule has 0 aromatic heterocycles. The summed E-state index contributed by atoms with van der Waals surface area (Å²) in [7, 11) is -4.13. The van der Waals surface area contributed by atoms with Crippen molar-refractivity contribution in [2.24, 2.45) is 0 Å². The van der Waals surface area contributed by atoms with Crippen LogP contribution in [0.5, 0.6) is 0 Å². The minimum absolute atomic E-state index is 0.00620. The number of ether oxygens (including phenoxy) is 1. The predicted molar refractivity (Wildman–Crippen MR) is 168 cm³/mol. The Kier molecular flexibility index (Phi) is 13.3. The van der Waals surface area contributed by atoms with E-state index in [-0.39, 0.29) is 24.3 Å². The van der Waals surface area contributed by atoms with Gasteiger partial charge in [0, 0.05) is 37.0 Å². The Hall–Kier alpha value is -3.18. The fourth-order valence-electron chi connectivity index (χ4n) is 4.42. The van der Waals surface area contributed by atoms with E-state index in [0.29, 0.717) is 36.0 Å². The number of halogens is 3. The lowest BCUT2D eigenvalue weighted by Gasteiger charge is -2.25. The number of esters is 1. The molecule has 2 atom stereocenters. The number of nitrogens with zero attached hydrogens (tertiary/aromatic N) is 1. The number of hydrogen-bond donors (Lipinski definition) is 2. The number of anilines is 1. The van der Waals surface area contributed by atoms with Crippen LogP contribution in [0.1, 0.15) is 23.6 Å². The maximum Gasteiger partial charge on any atom is 0.328 e. The summed E-state index contributed by atoms with van der Waals surface area (Å²) >= 11 is 12.0. The molecule has 232 valence electrons. The molecule has 0 aliphatic heterocycles. The van der Waals surface area contributed by atoms with Crippen molar-refractivity contribution in [3.8, 4) is 0 Å². The number of amides is 1. The normalized spacial score (nSPS) is 12.8. The number of carbonyl (C=O) groups is 2. The van der Waals surface area contributed by atoms with Crippen molar-refractivity contribution in [3.05, 3.63) is 95.3 Å². The van der Waals surface area contributed by atoms with Crippen LogP contribution in [-0.2, 0) is 37.2 Å². The van der Waals surface area contributed by atoms with Crippen molar-refractivity contribution in [1.82, 2.24) is 10.0 Å². The minimum atomic E-state index is -4.13. The van der Waals surface area contributed by atoms with Crippen LogP contribution in [0, 0.1) is 12.7 Å². The Balaban J connectivity index is 1.94. The van der Waals surface area contributed by atoms with Gasteiger partial charge in [0.15, 0.2) is 0 Å². The summed E-state index contributed by atoms with van der Waals surface area (Å²) in [5, 5.41) is 2.67. The largest absolute Gasteiger partial charge is 0.464 e. The van der Waals surface area contributed by atoms with Gasteiger partial charge < -0.3 is 15.0 Å². The molecule has 3 aromatic rings. The molecule has 8 nitrogen and oxygen atoms in total. The molecular weight excluding hydrogens is 616 g/mol. The van der Waals surface area contributed by atoms with Crippen molar-refractivity contribution in [2.75, 3.05) is 36.4 Å². The van der Waals surface area contributed by atoms with Gasteiger partial charge in [-0.3, -0.25) is 4.79 Å². The number of carbonyl (C=O) groups excluding carboxylic acids is 2. The molecule has 0 aliphatic rings. The first-order valence-electron chi connectivity index (χ1n) is 13.8. The highest BCUT2D eigenvalue weighted by molar-refractivity contribution is 7.89. The average molecular weight is 653 g/mol. The summed E-state index contributed by atoms with van der Waals surface area (Å²) in [5.41, 5.74) is 2.95. The van der Waals surface area contributed by atoms with Crippen LogP contribution in [0.15, 0.2) is 77.7 Å². The number of aryl methyl sites for hydroxylation is 1. The lowest BCUT2D eigenvalue weighted by atomic mass is 10.0. The van der Waals surface area contributed by atoms with Crippen molar-refractivity contribution >= 4 is 50.8 Å². The van der Waals surface area contributed by atoms with E-state index in [0.717, 1.165) is 11.3 Å². The summed E-state index contributed by atoms with van der Waals surface area (Å²) < 4.78 is 47.9. The lowest BCUT2D eigenvalue weighted by Crippen LogP contribution is -2.53. The second kappa shape index (κ2) is 16.6. The molecule has 2 N–H and O–H groups in total. The standard InChI is InChI=1S/C31H36Cl2FN3O5S/c1-3-42-31(39)29(20-23-9-11-25(34)12-10-23)35-30(38)28(36-43(40,41)27-13-7-22(2)8-14-27)21-24-5-4-6-26(19-24)37(17-15-32)18-16-33/h4-14,19,28-29,36H,3,15-18,20-21H2,1-2H3,(H,35,38). The van der Waals surface area contributed by atoms with E-state index in [9.17, 15) is 22.4 Å². The van der Waals surface area contributed by atoms with Gasteiger partial charge in [0.05, 0.1) is 11.5 Å². The quantitative estimate of drug-likeness (QED) is 0.173. The van der Waals surface area contributed by atoms with Gasteiger partial charge in [-0.2, -0.15) is 4.72 Å². The number of alkyl halides is 2. The van der Waals surface area contributed by atoms with Gasteiger partial charge >= 0.3 is 5.97 Å². The van der Waals surface area contributed by atoms with Gasteiger partial charge in [0.25, 0.3) is 0 Å². The molecule has 0 fully saturated rings. The van der Waals surface area contributed by atoms with Gasteiger partial charge in [-0.25, -0.2) is 17.6 Å². The van der Waals surface area contributed by atoms with Crippen LogP contribution < -0.4 is 14.9 Å². The molecule has 43 heavy (non-hydrogen) atoms. The smallest absolute Gasteiger partial charge is 0.328 e. The Labute approximate surface area is 262 Å². The van der Waals surface area contributed by atoms with Crippen LogP contribution in [-0.4, -0.2) is 63.8 Å². The number of hydrogen-bond acceptors (Lipinski definition) is 6. The highest BCUT2D eigenvalue weighted by atomic mass is 35.5. The van der Waals surface area contributed by atoms with Crippen LogP contribution in [0.2, 0.25) is 0 Å². The van der Waals surface area contributed by atoms with E-state index in [1.165, 1.54) is 36.4 Å². The fourth-order valence-corrected chi connectivity index (χ4v) is 6.02. The van der Waals surface area contributed by atoms with Crippen molar-refractivity contribution in [1.29, 1.82) is 0 Å². The molecule has 0 saturated carbocycles. The zero-order chi connectivity index (χ0) is 31.4. The fraction of sp³-hybridized carbons (Fsp3) is 0.355. The molecule has 0 aliphatic carbocycles. The number of rotatable bonds is 16. The maximum absolute atomic E-state index is 13.7. The molecule has 0 heterocycles. The first-order chi connectivity index (χ1) is 20.6. The van der Waals surface area contributed by atoms with E-state index in [1.54, 1.807) is 31.2 Å². The Morgan fingerprint density at radius 1 is 0.907 bits per heavy atom. The van der Waals surface area contributed by atoms with E-state index in [1.807, 2.05) is 24.0 Å². The molecule has 1 amide bonds. The van der Waals surface area contributed by atoms with Crippen molar-refractivity contribution in [2.45, 2.75) is 43.7 Å². The van der Waals surface area contributed by atoms with Crippen LogP contribution in [0.25, 0.3) is 0 Å². The zero-order valence-electron chi connectivity index (χ0n) is 24.1. The second-order valence-electron chi connectivity index (χ2n) is 9.87. The molecule has 0 spiro atoms. The SMILES string of the molecule is CCOC(=O)C(Cc1ccc(F)cc1)NC(=O)C(Cc1cccc(N(CCCl)CCCl)c1)NS(=O)(=O)c1ccc(C)cc1. The molecule has 3 rings (SSSR count). The Morgan fingerprint density at radius 2 is 1.53 bits per heavy atom. The number of benzene rings is 3. The van der Waals surface area contributed by atoms with Crippen LogP contribution in [0.3, 0.4) is 0 Å². The number of nitrogens with one attached hydrogen (secondary N) is 2. The summed E-state index contributed by atoms with van der Waals surface area (Å²) in [4.78, 5) is 28.6. The molecule has 0 radical (unpaired) electrons. The maximum atomic E-state index is 13.7. The van der Waals surface area contributed by atoms with Gasteiger partial charge in [0.2, 0.25) is 15.9 Å². The molecule has 12 heteroatoms. The van der Waals surface area contributed by atoms with Crippen LogP contribution >= 0.6 is 23.2 Å². The topological polar surface area (TPSA) is 105 Å². The Morgan fingerprint density at radius 3 is 2.14 bits per heavy atom. The third-order valence-electron chi connectivity index (χ3n) is 6.61. The summed E-state index contributed by atoms with van der Waals surface area (Å²) in [6.45, 7) is 4.64. The van der Waals surface area contributed by atoms with Gasteiger partial charge in [-0.05, 0) is 67.8 Å². The van der Waals surface area contributed by atoms with E-state index in [2.05, 4.69) is 10.0 Å². The molecular formula is C31H36Cl2FN3O5S. The second-order valence-corrected chi connectivity index (χ2v) is 12.3. The third kappa shape index (κ3) is 10.5. The zero-order valence-corrected chi connectivity index (χ0v) is 26.4. The average Bonchev–Trinajstić information content (AvgIpc) is 2.98. The molecule has 2 unspecified atom stereocenters. The molecule has 0 saturated heterocycles. The minimum Gasteiger partial charge on any atom is -0.464 e. The lowest BCUT2D eigenvalue weighted by molar-refractivity contribution is -0.147. The summed E-state index contributed by atoms with van der Waals surface area (Å²) in [5.74, 6) is -1.10. The first kappa shape index (κ1) is 34.3. The third-order valence-corrected chi connectivity index (χ3v) is 8.44. The van der Waals surface area contributed by atoms with Crippen molar-refractivity contribution < 1.29 is 27.1 Å². The molecule has 0 bridgehead atoms. The highest BCUT2D eigenvalue weighted by Gasteiger charge is 2.30. The van der Waals surface area contributed by atoms with Crippen molar-refractivity contribution in [3.63, 3.8) is 0 Å². The predicted octanol–water partition coefficient (Wildman–Crippen LogP) is 4.60. The monoisotopic (exact) mass is 651 g/mol.